The summed E-state index contributed by atoms with van der Waals surface area (Å²) in [7, 11) is 1.58. The van der Waals surface area contributed by atoms with Gasteiger partial charge >= 0.3 is 0 Å². The Bertz CT molecular complexity index is 1260. The summed E-state index contributed by atoms with van der Waals surface area (Å²) >= 11 is 0. The summed E-state index contributed by atoms with van der Waals surface area (Å²) in [4.78, 5) is 25.7. The summed E-state index contributed by atoms with van der Waals surface area (Å²) in [5, 5.41) is 4.13. The first-order valence-corrected chi connectivity index (χ1v) is 9.02. The Morgan fingerprint density at radius 2 is 1.75 bits per heavy atom. The van der Waals surface area contributed by atoms with Gasteiger partial charge < -0.3 is 14.6 Å². The number of anilines is 1. The van der Waals surface area contributed by atoms with Crippen molar-refractivity contribution in [1.29, 1.82) is 0 Å². The van der Waals surface area contributed by atoms with E-state index >= 15 is 0 Å². The molecular formula is C23H20N2O3. The lowest BCUT2D eigenvalue weighted by Gasteiger charge is -2.15. The molecule has 1 aromatic heterocycles. The van der Waals surface area contributed by atoms with E-state index in [2.05, 4.69) is 5.32 Å². The number of pyridine rings is 1. The topological polar surface area (TPSA) is 60.3 Å². The van der Waals surface area contributed by atoms with Crippen LogP contribution in [0.2, 0.25) is 0 Å². The summed E-state index contributed by atoms with van der Waals surface area (Å²) in [5.74, 6) is 0.497. The summed E-state index contributed by atoms with van der Waals surface area (Å²) < 4.78 is 7.09. The van der Waals surface area contributed by atoms with Crippen LogP contribution in [-0.2, 0) is 11.3 Å². The summed E-state index contributed by atoms with van der Waals surface area (Å²) in [5.41, 5.74) is 3.14. The van der Waals surface area contributed by atoms with Crippen LogP contribution in [0.3, 0.4) is 0 Å². The fourth-order valence-corrected chi connectivity index (χ4v) is 3.46. The Morgan fingerprint density at radius 1 is 0.964 bits per heavy atom. The van der Waals surface area contributed by atoms with Gasteiger partial charge in [-0.3, -0.25) is 9.59 Å². The van der Waals surface area contributed by atoms with Gasteiger partial charge in [-0.25, -0.2) is 0 Å². The number of methoxy groups -OCH3 is 1. The third kappa shape index (κ3) is 3.22. The van der Waals surface area contributed by atoms with E-state index in [-0.39, 0.29) is 17.9 Å². The van der Waals surface area contributed by atoms with Crippen LogP contribution in [0.4, 0.5) is 5.69 Å². The quantitative estimate of drug-likeness (QED) is 0.549. The van der Waals surface area contributed by atoms with E-state index in [1.54, 1.807) is 19.2 Å². The molecule has 5 heteroatoms. The van der Waals surface area contributed by atoms with Crippen molar-refractivity contribution in [3.8, 4) is 5.75 Å². The molecule has 0 spiro atoms. The first-order valence-electron chi connectivity index (χ1n) is 9.02. The molecule has 1 heterocycles. The number of rotatable bonds is 4. The summed E-state index contributed by atoms with van der Waals surface area (Å²) in [6, 6.07) is 20.3. The van der Waals surface area contributed by atoms with Crippen molar-refractivity contribution in [2.45, 2.75) is 13.5 Å². The van der Waals surface area contributed by atoms with Gasteiger partial charge in [0.2, 0.25) is 5.91 Å². The number of nitrogens with one attached hydrogen (secondary N) is 1. The maximum Gasteiger partial charge on any atom is 0.244 e. The highest BCUT2D eigenvalue weighted by Crippen LogP contribution is 2.21. The molecule has 1 amide bonds. The van der Waals surface area contributed by atoms with Crippen LogP contribution >= 0.6 is 0 Å². The molecule has 0 bridgehead atoms. The smallest absolute Gasteiger partial charge is 0.244 e. The van der Waals surface area contributed by atoms with Crippen molar-refractivity contribution in [1.82, 2.24) is 4.57 Å². The number of hydrogen-bond acceptors (Lipinski definition) is 3. The van der Waals surface area contributed by atoms with Gasteiger partial charge in [0.1, 0.15) is 12.3 Å². The van der Waals surface area contributed by atoms with Gasteiger partial charge in [0.05, 0.1) is 18.1 Å². The molecule has 0 saturated heterocycles. The molecular weight excluding hydrogens is 352 g/mol. The Labute approximate surface area is 162 Å². The highest BCUT2D eigenvalue weighted by molar-refractivity contribution is 5.97. The van der Waals surface area contributed by atoms with E-state index < -0.39 is 0 Å². The third-order valence-corrected chi connectivity index (χ3v) is 4.78. The summed E-state index contributed by atoms with van der Waals surface area (Å²) in [6.45, 7) is 2.05. The number of amides is 1. The molecule has 4 rings (SSSR count). The fraction of sp³-hybridized carbons (Fsp3) is 0.130. The lowest BCUT2D eigenvalue weighted by molar-refractivity contribution is -0.116. The lowest BCUT2D eigenvalue weighted by atomic mass is 10.1. The van der Waals surface area contributed by atoms with E-state index in [4.69, 9.17) is 4.74 Å². The second kappa shape index (κ2) is 7.19. The van der Waals surface area contributed by atoms with Gasteiger partial charge in [-0.15, -0.1) is 0 Å². The SMILES string of the molecule is COc1cccc(NC(=O)Cn2c3ccccc3c(=O)c3cc(C)ccc32)c1. The Morgan fingerprint density at radius 3 is 2.57 bits per heavy atom. The largest absolute Gasteiger partial charge is 0.497 e. The average Bonchev–Trinajstić information content (AvgIpc) is 2.71. The number of ether oxygens (including phenoxy) is 1. The van der Waals surface area contributed by atoms with E-state index in [1.165, 1.54) is 0 Å². The van der Waals surface area contributed by atoms with Crippen molar-refractivity contribution >= 4 is 33.4 Å². The normalized spacial score (nSPS) is 10.9. The molecule has 0 atom stereocenters. The van der Waals surface area contributed by atoms with E-state index in [1.807, 2.05) is 66.1 Å². The summed E-state index contributed by atoms with van der Waals surface area (Å²) in [6.07, 6.45) is 0. The van der Waals surface area contributed by atoms with Crippen molar-refractivity contribution in [2.24, 2.45) is 0 Å². The van der Waals surface area contributed by atoms with Gasteiger partial charge in [0.15, 0.2) is 5.43 Å². The van der Waals surface area contributed by atoms with Gasteiger partial charge in [-0.2, -0.15) is 0 Å². The van der Waals surface area contributed by atoms with Gasteiger partial charge in [0, 0.05) is 22.5 Å². The molecule has 0 aliphatic carbocycles. The highest BCUT2D eigenvalue weighted by atomic mass is 16.5. The molecule has 0 fully saturated rings. The monoisotopic (exact) mass is 372 g/mol. The molecule has 5 nitrogen and oxygen atoms in total. The van der Waals surface area contributed by atoms with Crippen molar-refractivity contribution in [3.05, 3.63) is 82.5 Å². The minimum Gasteiger partial charge on any atom is -0.497 e. The first kappa shape index (κ1) is 17.8. The number of fused-ring (bicyclic) bond motifs is 2. The maximum atomic E-state index is 12.9. The molecule has 0 saturated carbocycles. The predicted octanol–water partition coefficient (Wildman–Crippen LogP) is 4.11. The second-order valence-electron chi connectivity index (χ2n) is 6.73. The number of para-hydroxylation sites is 1. The average molecular weight is 372 g/mol. The Balaban J connectivity index is 1.79. The number of aromatic nitrogens is 1. The number of carbonyl (C=O) groups is 1. The fourth-order valence-electron chi connectivity index (χ4n) is 3.46. The predicted molar refractivity (Wildman–Crippen MR) is 112 cm³/mol. The lowest BCUT2D eigenvalue weighted by Crippen LogP contribution is -2.21. The van der Waals surface area contributed by atoms with Gasteiger partial charge in [-0.05, 0) is 43.3 Å². The van der Waals surface area contributed by atoms with E-state index in [0.717, 1.165) is 16.6 Å². The molecule has 4 aromatic rings. The molecule has 0 unspecified atom stereocenters. The molecule has 140 valence electrons. The second-order valence-corrected chi connectivity index (χ2v) is 6.73. The molecule has 0 aliphatic rings. The third-order valence-electron chi connectivity index (χ3n) is 4.78. The van der Waals surface area contributed by atoms with Crippen molar-refractivity contribution < 1.29 is 9.53 Å². The van der Waals surface area contributed by atoms with Gasteiger partial charge in [0.25, 0.3) is 0 Å². The molecule has 0 aliphatic heterocycles. The van der Waals surface area contributed by atoms with Crippen LogP contribution in [0.1, 0.15) is 5.56 Å². The van der Waals surface area contributed by atoms with E-state index in [9.17, 15) is 9.59 Å². The Hall–Kier alpha value is -3.60. The van der Waals surface area contributed by atoms with Crippen LogP contribution in [0.15, 0.2) is 71.5 Å². The maximum absolute atomic E-state index is 12.9. The minimum absolute atomic E-state index is 0.0150. The van der Waals surface area contributed by atoms with Crippen LogP contribution in [0.25, 0.3) is 21.8 Å². The van der Waals surface area contributed by atoms with Crippen LogP contribution in [0.5, 0.6) is 5.75 Å². The zero-order valence-corrected chi connectivity index (χ0v) is 15.7. The van der Waals surface area contributed by atoms with Gasteiger partial charge in [-0.1, -0.05) is 29.8 Å². The number of aryl methyl sites for hydroxylation is 1. The molecule has 3 aromatic carbocycles. The van der Waals surface area contributed by atoms with Crippen LogP contribution in [0, 0.1) is 6.92 Å². The Kier molecular flexibility index (Phi) is 4.57. The molecule has 28 heavy (non-hydrogen) atoms. The highest BCUT2D eigenvalue weighted by Gasteiger charge is 2.13. The van der Waals surface area contributed by atoms with Crippen LogP contribution in [-0.4, -0.2) is 17.6 Å². The molecule has 1 N–H and O–H groups in total. The number of nitrogens with zero attached hydrogens (tertiary/aromatic N) is 1. The minimum atomic E-state index is -0.177. The number of hydrogen-bond donors (Lipinski definition) is 1. The first-order chi connectivity index (χ1) is 13.6. The zero-order chi connectivity index (χ0) is 19.7. The number of carbonyl (C=O) groups excluding carboxylic acids is 1. The standard InChI is InChI=1S/C23H20N2O3/c1-15-10-11-21-19(12-15)23(27)18-8-3-4-9-20(18)25(21)14-22(26)24-16-6-5-7-17(13-16)28-2/h3-13H,14H2,1-2H3,(H,24,26). The van der Waals surface area contributed by atoms with Crippen molar-refractivity contribution in [2.75, 3.05) is 12.4 Å². The van der Waals surface area contributed by atoms with Crippen molar-refractivity contribution in [3.63, 3.8) is 0 Å². The zero-order valence-electron chi connectivity index (χ0n) is 15.7. The number of benzene rings is 3. The van der Waals surface area contributed by atoms with E-state index in [0.29, 0.717) is 22.2 Å². The molecule has 0 radical (unpaired) electrons. The van der Waals surface area contributed by atoms with Crippen LogP contribution < -0.4 is 15.5 Å².